The number of aliphatic carboxylic acids is 1. The Morgan fingerprint density at radius 2 is 1.47 bits per heavy atom. The summed E-state index contributed by atoms with van der Waals surface area (Å²) in [6.07, 6.45) is 8.33. The standard InChI is InChI=1S/C26H18Cl2N2O2/c27-21-11-12-22(23(28)15-21)24-16-29-25(30-24)13-5-17-1-7-19(8-2-17)20-9-3-18(4-10-20)6-14-26(31)32/h1-16H,(H,29,30)(H,31,32)/b13-5+,14-6?. The van der Waals surface area contributed by atoms with E-state index in [2.05, 4.69) is 9.97 Å². The van der Waals surface area contributed by atoms with Gasteiger partial charge in [0.25, 0.3) is 0 Å². The molecule has 4 nitrogen and oxygen atoms in total. The molecule has 0 saturated heterocycles. The fourth-order valence-electron chi connectivity index (χ4n) is 3.18. The van der Waals surface area contributed by atoms with Crippen LogP contribution in [0, 0.1) is 0 Å². The molecule has 1 aromatic heterocycles. The fourth-order valence-corrected chi connectivity index (χ4v) is 3.69. The van der Waals surface area contributed by atoms with E-state index in [1.165, 1.54) is 0 Å². The smallest absolute Gasteiger partial charge is 0.328 e. The number of hydrogen-bond acceptors (Lipinski definition) is 2. The molecule has 0 aliphatic heterocycles. The lowest BCUT2D eigenvalue weighted by Crippen LogP contribution is -1.85. The molecule has 0 atom stereocenters. The predicted molar refractivity (Wildman–Crippen MR) is 132 cm³/mol. The average Bonchev–Trinajstić information content (AvgIpc) is 3.26. The van der Waals surface area contributed by atoms with Gasteiger partial charge in [-0.2, -0.15) is 0 Å². The van der Waals surface area contributed by atoms with Crippen LogP contribution in [0.4, 0.5) is 0 Å². The van der Waals surface area contributed by atoms with Gasteiger partial charge >= 0.3 is 5.97 Å². The maximum Gasteiger partial charge on any atom is 0.328 e. The van der Waals surface area contributed by atoms with Crippen molar-refractivity contribution < 1.29 is 9.90 Å². The number of benzene rings is 3. The molecule has 0 saturated carbocycles. The number of aromatic amines is 1. The summed E-state index contributed by atoms with van der Waals surface area (Å²) in [7, 11) is 0. The summed E-state index contributed by atoms with van der Waals surface area (Å²) < 4.78 is 0. The first-order valence-electron chi connectivity index (χ1n) is 9.78. The van der Waals surface area contributed by atoms with Crippen molar-refractivity contribution in [3.8, 4) is 22.4 Å². The van der Waals surface area contributed by atoms with Gasteiger partial charge in [-0.25, -0.2) is 9.78 Å². The van der Waals surface area contributed by atoms with E-state index in [9.17, 15) is 4.79 Å². The zero-order valence-electron chi connectivity index (χ0n) is 16.8. The first kappa shape index (κ1) is 21.6. The third kappa shape index (κ3) is 5.35. The molecule has 6 heteroatoms. The molecule has 0 fully saturated rings. The third-order valence-electron chi connectivity index (χ3n) is 4.82. The van der Waals surface area contributed by atoms with Gasteiger partial charge in [0.2, 0.25) is 0 Å². The number of nitrogens with one attached hydrogen (secondary N) is 1. The molecule has 158 valence electrons. The Morgan fingerprint density at radius 3 is 2.06 bits per heavy atom. The summed E-state index contributed by atoms with van der Waals surface area (Å²) in [5.41, 5.74) is 5.68. The predicted octanol–water partition coefficient (Wildman–Crippen LogP) is 7.32. The van der Waals surface area contributed by atoms with Gasteiger partial charge < -0.3 is 10.1 Å². The minimum Gasteiger partial charge on any atom is -0.478 e. The van der Waals surface area contributed by atoms with Crippen LogP contribution in [0.5, 0.6) is 0 Å². The third-order valence-corrected chi connectivity index (χ3v) is 5.37. The van der Waals surface area contributed by atoms with Crippen molar-refractivity contribution in [3.63, 3.8) is 0 Å². The molecule has 0 radical (unpaired) electrons. The second kappa shape index (κ2) is 9.69. The first-order valence-corrected chi connectivity index (χ1v) is 10.5. The number of aromatic nitrogens is 2. The molecule has 0 bridgehead atoms. The molecule has 0 unspecified atom stereocenters. The summed E-state index contributed by atoms with van der Waals surface area (Å²) in [4.78, 5) is 18.3. The largest absolute Gasteiger partial charge is 0.478 e. The summed E-state index contributed by atoms with van der Waals surface area (Å²) in [6.45, 7) is 0. The van der Waals surface area contributed by atoms with E-state index in [4.69, 9.17) is 28.3 Å². The molecule has 2 N–H and O–H groups in total. The zero-order valence-corrected chi connectivity index (χ0v) is 18.3. The van der Waals surface area contributed by atoms with Gasteiger partial charge in [-0.3, -0.25) is 0 Å². The van der Waals surface area contributed by atoms with Crippen molar-refractivity contribution in [2.24, 2.45) is 0 Å². The highest BCUT2D eigenvalue weighted by Crippen LogP contribution is 2.29. The second-order valence-electron chi connectivity index (χ2n) is 7.06. The molecule has 1 heterocycles. The minimum atomic E-state index is -0.961. The van der Waals surface area contributed by atoms with Crippen molar-refractivity contribution in [2.45, 2.75) is 0 Å². The molecular formula is C26H18Cl2N2O2. The lowest BCUT2D eigenvalue weighted by molar-refractivity contribution is -0.131. The Bertz CT molecular complexity index is 1300. The molecule has 0 aliphatic carbocycles. The van der Waals surface area contributed by atoms with E-state index >= 15 is 0 Å². The molecular weight excluding hydrogens is 443 g/mol. The number of imidazole rings is 1. The van der Waals surface area contributed by atoms with Crippen LogP contribution in [0.1, 0.15) is 17.0 Å². The number of carbonyl (C=O) groups is 1. The Balaban J connectivity index is 1.45. The molecule has 4 aromatic rings. The molecule has 0 aliphatic rings. The lowest BCUT2D eigenvalue weighted by Gasteiger charge is -2.03. The summed E-state index contributed by atoms with van der Waals surface area (Å²) >= 11 is 12.2. The van der Waals surface area contributed by atoms with Gasteiger partial charge in [-0.05, 0) is 52.6 Å². The molecule has 0 amide bonds. The Hall–Kier alpha value is -3.60. The van der Waals surface area contributed by atoms with Crippen LogP contribution in [0.15, 0.2) is 79.0 Å². The van der Waals surface area contributed by atoms with Crippen LogP contribution >= 0.6 is 23.2 Å². The van der Waals surface area contributed by atoms with Gasteiger partial charge in [0.15, 0.2) is 0 Å². The molecule has 32 heavy (non-hydrogen) atoms. The van der Waals surface area contributed by atoms with Gasteiger partial charge in [0.05, 0.1) is 16.9 Å². The Labute approximate surface area is 195 Å². The van der Waals surface area contributed by atoms with Crippen LogP contribution in [0.3, 0.4) is 0 Å². The van der Waals surface area contributed by atoms with Crippen molar-refractivity contribution in [2.75, 3.05) is 0 Å². The average molecular weight is 461 g/mol. The van der Waals surface area contributed by atoms with Crippen LogP contribution in [0.2, 0.25) is 10.0 Å². The van der Waals surface area contributed by atoms with Crippen molar-refractivity contribution >= 4 is 47.4 Å². The summed E-state index contributed by atoms with van der Waals surface area (Å²) in [5.74, 6) is -0.239. The fraction of sp³-hybridized carbons (Fsp3) is 0. The van der Waals surface area contributed by atoms with Gasteiger partial charge in [-0.15, -0.1) is 0 Å². The van der Waals surface area contributed by atoms with Gasteiger partial charge in [-0.1, -0.05) is 77.8 Å². The Kier molecular flexibility index (Phi) is 6.55. The normalized spacial score (nSPS) is 11.4. The zero-order chi connectivity index (χ0) is 22.5. The van der Waals surface area contributed by atoms with E-state index in [0.717, 1.165) is 45.4 Å². The van der Waals surface area contributed by atoms with Crippen LogP contribution in [-0.4, -0.2) is 21.0 Å². The monoisotopic (exact) mass is 460 g/mol. The van der Waals surface area contributed by atoms with Crippen molar-refractivity contribution in [3.05, 3.63) is 106 Å². The van der Waals surface area contributed by atoms with Crippen molar-refractivity contribution in [1.82, 2.24) is 9.97 Å². The quantitative estimate of drug-likeness (QED) is 0.296. The topological polar surface area (TPSA) is 66.0 Å². The molecule has 3 aromatic carbocycles. The number of nitrogens with zero attached hydrogens (tertiary/aromatic N) is 1. The first-order chi connectivity index (χ1) is 15.5. The molecule has 4 rings (SSSR count). The van der Waals surface area contributed by atoms with Gasteiger partial charge in [0.1, 0.15) is 5.82 Å². The van der Waals surface area contributed by atoms with E-state index < -0.39 is 5.97 Å². The number of H-pyrrole nitrogens is 1. The summed E-state index contributed by atoms with van der Waals surface area (Å²) in [6, 6.07) is 21.2. The number of carboxylic acids is 1. The lowest BCUT2D eigenvalue weighted by atomic mass is 10.0. The number of halogens is 2. The molecule has 0 spiro atoms. The van der Waals surface area contributed by atoms with Crippen LogP contribution in [-0.2, 0) is 4.79 Å². The highest BCUT2D eigenvalue weighted by Gasteiger charge is 2.07. The van der Waals surface area contributed by atoms with Crippen molar-refractivity contribution in [1.29, 1.82) is 0 Å². The summed E-state index contributed by atoms with van der Waals surface area (Å²) in [5, 5.41) is 9.87. The van der Waals surface area contributed by atoms with Gasteiger partial charge in [0, 0.05) is 16.7 Å². The minimum absolute atomic E-state index is 0.568. The Morgan fingerprint density at radius 1 is 0.844 bits per heavy atom. The second-order valence-corrected chi connectivity index (χ2v) is 7.90. The number of hydrogen-bond donors (Lipinski definition) is 2. The maximum absolute atomic E-state index is 10.6. The number of carboxylic acid groups (broad SMARTS) is 1. The highest BCUT2D eigenvalue weighted by atomic mass is 35.5. The highest BCUT2D eigenvalue weighted by molar-refractivity contribution is 6.36. The van der Waals surface area contributed by atoms with Crippen LogP contribution in [0.25, 0.3) is 40.6 Å². The van der Waals surface area contributed by atoms with Crippen LogP contribution < -0.4 is 0 Å². The van der Waals surface area contributed by atoms with E-state index in [1.807, 2.05) is 66.7 Å². The maximum atomic E-state index is 10.6. The van der Waals surface area contributed by atoms with E-state index in [0.29, 0.717) is 10.0 Å². The van der Waals surface area contributed by atoms with E-state index in [-0.39, 0.29) is 0 Å². The number of rotatable bonds is 6. The van der Waals surface area contributed by atoms with E-state index in [1.54, 1.807) is 24.4 Å². The SMILES string of the molecule is O=C(O)C=Cc1ccc(-c2ccc(/C=C/c3ncc(-c4ccc(Cl)cc4Cl)[nH]3)cc2)cc1.